The van der Waals surface area contributed by atoms with E-state index in [2.05, 4.69) is 21.0 Å². The third-order valence-electron chi connectivity index (χ3n) is 2.75. The Kier molecular flexibility index (Phi) is 3.02. The van der Waals surface area contributed by atoms with Gasteiger partial charge in [0, 0.05) is 17.3 Å². The molecule has 1 aromatic carbocycles. The zero-order valence-electron chi connectivity index (χ0n) is 9.53. The Labute approximate surface area is 113 Å². The van der Waals surface area contributed by atoms with Gasteiger partial charge in [-0.1, -0.05) is 34.1 Å². The lowest BCUT2D eigenvalue weighted by atomic mass is 10.1. The molecule has 0 fully saturated rings. The summed E-state index contributed by atoms with van der Waals surface area (Å²) in [5, 5.41) is 4.37. The molecule has 0 bridgehead atoms. The maximum Gasteiger partial charge on any atom is 0.0949 e. The van der Waals surface area contributed by atoms with E-state index in [0.29, 0.717) is 0 Å². The second kappa shape index (κ2) is 4.82. The van der Waals surface area contributed by atoms with Crippen molar-refractivity contribution in [2.75, 3.05) is 0 Å². The molecular weight excluding hydrogens is 292 g/mol. The molecule has 0 aliphatic heterocycles. The molecule has 2 heterocycles. The number of hydrogen-bond acceptors (Lipinski definition) is 2. The Morgan fingerprint density at radius 2 is 1.94 bits per heavy atom. The van der Waals surface area contributed by atoms with Gasteiger partial charge in [-0.05, 0) is 18.2 Å². The van der Waals surface area contributed by atoms with Crippen LogP contribution in [0.4, 0.5) is 0 Å². The second-order valence-electron chi connectivity index (χ2n) is 3.97. The van der Waals surface area contributed by atoms with Crippen molar-refractivity contribution < 1.29 is 4.42 Å². The van der Waals surface area contributed by atoms with Crippen molar-refractivity contribution in [1.29, 1.82) is 0 Å². The summed E-state index contributed by atoms with van der Waals surface area (Å²) in [6.07, 6.45) is 7.28. The normalized spacial score (nSPS) is 12.5. The van der Waals surface area contributed by atoms with Crippen molar-refractivity contribution in [2.45, 2.75) is 4.83 Å². The van der Waals surface area contributed by atoms with Crippen LogP contribution in [-0.4, -0.2) is 9.78 Å². The summed E-state index contributed by atoms with van der Waals surface area (Å²) in [4.78, 5) is 0.105. The molecule has 0 N–H and O–H groups in total. The number of aromatic nitrogens is 2. The Morgan fingerprint density at radius 1 is 1.11 bits per heavy atom. The molecule has 3 rings (SSSR count). The SMILES string of the molecule is BrC(c1ccoc1)c1cnn(-c2ccccc2)c1. The first-order valence-corrected chi connectivity index (χ1v) is 6.52. The molecule has 0 saturated heterocycles. The molecule has 3 nitrogen and oxygen atoms in total. The number of alkyl halides is 1. The number of benzene rings is 1. The van der Waals surface area contributed by atoms with Gasteiger partial charge >= 0.3 is 0 Å². The van der Waals surface area contributed by atoms with Crippen LogP contribution < -0.4 is 0 Å². The van der Waals surface area contributed by atoms with E-state index < -0.39 is 0 Å². The van der Waals surface area contributed by atoms with E-state index in [1.807, 2.05) is 53.5 Å². The molecule has 0 radical (unpaired) electrons. The minimum Gasteiger partial charge on any atom is -0.472 e. The largest absolute Gasteiger partial charge is 0.472 e. The maximum absolute atomic E-state index is 5.09. The number of para-hydroxylation sites is 1. The summed E-state index contributed by atoms with van der Waals surface area (Å²) in [6.45, 7) is 0. The predicted octanol–water partition coefficient (Wildman–Crippen LogP) is 3.95. The van der Waals surface area contributed by atoms with E-state index >= 15 is 0 Å². The number of hydrogen-bond donors (Lipinski definition) is 0. The third-order valence-corrected chi connectivity index (χ3v) is 3.81. The van der Waals surface area contributed by atoms with Crippen LogP contribution in [0.15, 0.2) is 65.7 Å². The highest BCUT2D eigenvalue weighted by Crippen LogP contribution is 2.30. The van der Waals surface area contributed by atoms with Gasteiger partial charge in [-0.2, -0.15) is 5.10 Å². The zero-order chi connectivity index (χ0) is 12.4. The van der Waals surface area contributed by atoms with E-state index in [9.17, 15) is 0 Å². The summed E-state index contributed by atoms with van der Waals surface area (Å²) in [5.41, 5.74) is 3.23. The highest BCUT2D eigenvalue weighted by atomic mass is 79.9. The van der Waals surface area contributed by atoms with Crippen LogP contribution in [-0.2, 0) is 0 Å². The molecule has 0 spiro atoms. The van der Waals surface area contributed by atoms with Crippen LogP contribution in [0.25, 0.3) is 5.69 Å². The number of nitrogens with zero attached hydrogens (tertiary/aromatic N) is 2. The molecule has 90 valence electrons. The Balaban J connectivity index is 1.90. The van der Waals surface area contributed by atoms with Crippen LogP contribution in [0.1, 0.15) is 16.0 Å². The highest BCUT2D eigenvalue weighted by molar-refractivity contribution is 9.09. The van der Waals surface area contributed by atoms with E-state index in [1.165, 1.54) is 0 Å². The van der Waals surface area contributed by atoms with Gasteiger partial charge in [0.05, 0.1) is 29.2 Å². The average Bonchev–Trinajstić information content (AvgIpc) is 3.10. The van der Waals surface area contributed by atoms with Crippen LogP contribution >= 0.6 is 15.9 Å². The van der Waals surface area contributed by atoms with Crippen molar-refractivity contribution in [3.8, 4) is 5.69 Å². The summed E-state index contributed by atoms with van der Waals surface area (Å²) in [7, 11) is 0. The number of halogens is 1. The van der Waals surface area contributed by atoms with Crippen LogP contribution in [0.5, 0.6) is 0 Å². The molecule has 1 unspecified atom stereocenters. The summed E-state index contributed by atoms with van der Waals surface area (Å²) in [5.74, 6) is 0. The molecule has 4 heteroatoms. The van der Waals surface area contributed by atoms with E-state index in [4.69, 9.17) is 4.42 Å². The van der Waals surface area contributed by atoms with E-state index in [1.54, 1.807) is 12.5 Å². The third kappa shape index (κ3) is 2.11. The molecule has 3 aromatic rings. The predicted molar refractivity (Wildman–Crippen MR) is 73.0 cm³/mol. The molecule has 18 heavy (non-hydrogen) atoms. The fourth-order valence-electron chi connectivity index (χ4n) is 1.80. The summed E-state index contributed by atoms with van der Waals surface area (Å²) >= 11 is 3.65. The van der Waals surface area contributed by atoms with Gasteiger partial charge in [-0.3, -0.25) is 0 Å². The van der Waals surface area contributed by atoms with Gasteiger partial charge in [0.25, 0.3) is 0 Å². The molecule has 0 aliphatic carbocycles. The van der Waals surface area contributed by atoms with Crippen molar-refractivity contribution in [2.24, 2.45) is 0 Å². The lowest BCUT2D eigenvalue weighted by Crippen LogP contribution is -1.93. The quantitative estimate of drug-likeness (QED) is 0.686. The monoisotopic (exact) mass is 302 g/mol. The van der Waals surface area contributed by atoms with Gasteiger partial charge in [0.2, 0.25) is 0 Å². The molecule has 2 aromatic heterocycles. The summed E-state index contributed by atoms with van der Waals surface area (Å²) in [6, 6.07) is 12.0. The Hall–Kier alpha value is -1.81. The van der Waals surface area contributed by atoms with Crippen molar-refractivity contribution in [3.63, 3.8) is 0 Å². The fourth-order valence-corrected chi connectivity index (χ4v) is 2.30. The number of rotatable bonds is 3. The number of furan rings is 1. The smallest absolute Gasteiger partial charge is 0.0949 e. The maximum atomic E-state index is 5.09. The first-order valence-electron chi connectivity index (χ1n) is 5.61. The van der Waals surface area contributed by atoms with Crippen LogP contribution in [0.3, 0.4) is 0 Å². The molecule has 0 aliphatic rings. The molecule has 0 saturated carbocycles. The second-order valence-corrected chi connectivity index (χ2v) is 4.89. The van der Waals surface area contributed by atoms with Gasteiger partial charge in [0.15, 0.2) is 0 Å². The minimum absolute atomic E-state index is 0.105. The molecule has 1 atom stereocenters. The molecule has 0 amide bonds. The Morgan fingerprint density at radius 3 is 2.67 bits per heavy atom. The minimum atomic E-state index is 0.105. The van der Waals surface area contributed by atoms with Gasteiger partial charge in [-0.15, -0.1) is 0 Å². The fraction of sp³-hybridized carbons (Fsp3) is 0.0714. The summed E-state index contributed by atoms with van der Waals surface area (Å²) < 4.78 is 6.96. The van der Waals surface area contributed by atoms with Crippen molar-refractivity contribution >= 4 is 15.9 Å². The van der Waals surface area contributed by atoms with Crippen molar-refractivity contribution in [1.82, 2.24) is 9.78 Å². The highest BCUT2D eigenvalue weighted by Gasteiger charge is 2.13. The standard InChI is InChI=1S/C14H11BrN2O/c15-14(11-6-7-18-10-11)12-8-16-17(9-12)13-4-2-1-3-5-13/h1-10,14H. The van der Waals surface area contributed by atoms with E-state index in [0.717, 1.165) is 16.8 Å². The van der Waals surface area contributed by atoms with Gasteiger partial charge in [0.1, 0.15) is 0 Å². The van der Waals surface area contributed by atoms with E-state index in [-0.39, 0.29) is 4.83 Å². The van der Waals surface area contributed by atoms with Gasteiger partial charge < -0.3 is 4.42 Å². The average molecular weight is 303 g/mol. The Bertz CT molecular complexity index is 616. The van der Waals surface area contributed by atoms with Crippen LogP contribution in [0, 0.1) is 0 Å². The molecular formula is C14H11BrN2O. The van der Waals surface area contributed by atoms with Crippen molar-refractivity contribution in [3.05, 3.63) is 72.4 Å². The lowest BCUT2D eigenvalue weighted by molar-refractivity contribution is 0.564. The first-order chi connectivity index (χ1) is 8.84. The topological polar surface area (TPSA) is 31.0 Å². The lowest BCUT2D eigenvalue weighted by Gasteiger charge is -2.03. The van der Waals surface area contributed by atoms with Crippen LogP contribution in [0.2, 0.25) is 0 Å². The first kappa shape index (κ1) is 11.3. The van der Waals surface area contributed by atoms with Gasteiger partial charge in [-0.25, -0.2) is 4.68 Å². The zero-order valence-corrected chi connectivity index (χ0v) is 11.1.